The van der Waals surface area contributed by atoms with Crippen molar-refractivity contribution in [3.63, 3.8) is 0 Å². The molecule has 9 heteroatoms. The predicted octanol–water partition coefficient (Wildman–Crippen LogP) is 2.71. The normalized spacial score (nSPS) is 12.4. The summed E-state index contributed by atoms with van der Waals surface area (Å²) < 4.78 is 25.5. The summed E-state index contributed by atoms with van der Waals surface area (Å²) in [6.07, 6.45) is 3.80. The van der Waals surface area contributed by atoms with Gasteiger partial charge in [0.25, 0.3) is 0 Å². The van der Waals surface area contributed by atoms with Gasteiger partial charge in [0.1, 0.15) is 0 Å². The maximum atomic E-state index is 12.2. The summed E-state index contributed by atoms with van der Waals surface area (Å²) in [5.74, 6) is 0.710. The second-order valence-electron chi connectivity index (χ2n) is 7.39. The Balaban J connectivity index is 0.00000392. The van der Waals surface area contributed by atoms with E-state index >= 15 is 0 Å². The summed E-state index contributed by atoms with van der Waals surface area (Å²) in [4.78, 5) is 6.18. The van der Waals surface area contributed by atoms with E-state index in [1.165, 1.54) is 0 Å². The number of nitrogens with one attached hydrogen (secondary N) is 1. The minimum atomic E-state index is -3.16. The average molecular weight is 519 g/mol. The number of hydrogen-bond acceptors (Lipinski definition) is 4. The number of rotatable bonds is 6. The van der Waals surface area contributed by atoms with Gasteiger partial charge in [-0.15, -0.1) is 24.0 Å². The fourth-order valence-electron chi connectivity index (χ4n) is 2.50. The van der Waals surface area contributed by atoms with Gasteiger partial charge in [-0.3, -0.25) is 4.99 Å². The third-order valence-electron chi connectivity index (χ3n) is 4.24. The van der Waals surface area contributed by atoms with Crippen LogP contribution in [-0.2, 0) is 16.4 Å². The smallest absolute Gasteiger partial charge is 0.193 e. The molecule has 0 bridgehead atoms. The Labute approximate surface area is 185 Å². The van der Waals surface area contributed by atoms with Crippen LogP contribution < -0.4 is 5.32 Å². The van der Waals surface area contributed by atoms with Crippen LogP contribution in [0.2, 0.25) is 0 Å². The highest BCUT2D eigenvalue weighted by Crippen LogP contribution is 2.15. The van der Waals surface area contributed by atoms with Crippen LogP contribution in [0.15, 0.2) is 47.7 Å². The van der Waals surface area contributed by atoms with Crippen molar-refractivity contribution in [2.24, 2.45) is 4.99 Å². The number of benzene rings is 1. The van der Waals surface area contributed by atoms with Crippen molar-refractivity contribution in [2.45, 2.75) is 32.1 Å². The largest absolute Gasteiger partial charge is 0.355 e. The van der Waals surface area contributed by atoms with Gasteiger partial charge in [-0.25, -0.2) is 13.1 Å². The Kier molecular flexibility index (Phi) is 8.93. The fraction of sp³-hybridized carbons (Fsp3) is 0.474. The number of hydrogen-bond donors (Lipinski definition) is 1. The molecule has 0 amide bonds. The summed E-state index contributed by atoms with van der Waals surface area (Å²) in [5, 5.41) is 7.52. The minimum Gasteiger partial charge on any atom is -0.355 e. The average Bonchev–Trinajstić information content (AvgIpc) is 3.07. The molecule has 0 fully saturated rings. The Morgan fingerprint density at radius 2 is 1.89 bits per heavy atom. The van der Waals surface area contributed by atoms with Gasteiger partial charge in [0, 0.05) is 38.9 Å². The zero-order valence-corrected chi connectivity index (χ0v) is 20.2. The van der Waals surface area contributed by atoms with Gasteiger partial charge >= 0.3 is 0 Å². The van der Waals surface area contributed by atoms with E-state index in [2.05, 4.69) is 15.4 Å². The van der Waals surface area contributed by atoms with Gasteiger partial charge in [0.2, 0.25) is 0 Å². The molecule has 0 saturated carbocycles. The van der Waals surface area contributed by atoms with Gasteiger partial charge in [0.05, 0.1) is 22.4 Å². The molecular formula is C19H30IN5O2S. The first-order valence-electron chi connectivity index (χ1n) is 8.87. The summed E-state index contributed by atoms with van der Waals surface area (Å²) in [6.45, 7) is 6.08. The van der Waals surface area contributed by atoms with Crippen LogP contribution in [0.1, 0.15) is 26.3 Å². The SMILES string of the molecule is CN=C(NCCS(=O)(=O)C(C)(C)C)N(C)Cc1cnn(-c2ccccc2)c1.I. The Morgan fingerprint density at radius 3 is 2.46 bits per heavy atom. The maximum Gasteiger partial charge on any atom is 0.193 e. The van der Waals surface area contributed by atoms with Crippen LogP contribution in [-0.4, -0.2) is 60.2 Å². The zero-order chi connectivity index (χ0) is 20.1. The molecule has 2 aromatic rings. The van der Waals surface area contributed by atoms with Crippen molar-refractivity contribution in [2.75, 3.05) is 26.4 Å². The van der Waals surface area contributed by atoms with Crippen LogP contribution in [0.5, 0.6) is 0 Å². The first kappa shape index (κ1) is 24.4. The molecule has 0 aliphatic heterocycles. The molecule has 0 aliphatic carbocycles. The van der Waals surface area contributed by atoms with Crippen LogP contribution >= 0.6 is 24.0 Å². The Bertz CT molecular complexity index is 873. The van der Waals surface area contributed by atoms with Crippen molar-refractivity contribution >= 4 is 39.8 Å². The van der Waals surface area contributed by atoms with Crippen molar-refractivity contribution < 1.29 is 8.42 Å². The molecule has 7 nitrogen and oxygen atoms in total. The number of halogens is 1. The van der Waals surface area contributed by atoms with E-state index in [0.717, 1.165) is 11.3 Å². The molecule has 1 N–H and O–H groups in total. The number of aromatic nitrogens is 2. The number of guanidine groups is 1. The molecule has 28 heavy (non-hydrogen) atoms. The van der Waals surface area contributed by atoms with Crippen LogP contribution in [0, 0.1) is 0 Å². The van der Waals surface area contributed by atoms with Crippen molar-refractivity contribution in [1.82, 2.24) is 20.0 Å². The van der Waals surface area contributed by atoms with Crippen molar-refractivity contribution in [1.29, 1.82) is 0 Å². The highest BCUT2D eigenvalue weighted by atomic mass is 127. The van der Waals surface area contributed by atoms with Crippen molar-refractivity contribution in [3.05, 3.63) is 48.3 Å². The molecule has 0 spiro atoms. The lowest BCUT2D eigenvalue weighted by atomic mass is 10.3. The maximum absolute atomic E-state index is 12.2. The summed E-state index contributed by atoms with van der Waals surface area (Å²) in [5.41, 5.74) is 2.04. The number of aliphatic imine (C=N–C) groups is 1. The number of para-hydroxylation sites is 1. The van der Waals surface area contributed by atoms with Gasteiger partial charge in [-0.1, -0.05) is 18.2 Å². The van der Waals surface area contributed by atoms with E-state index in [4.69, 9.17) is 0 Å². The van der Waals surface area contributed by atoms with E-state index in [1.807, 2.05) is 59.4 Å². The fourth-order valence-corrected chi connectivity index (χ4v) is 3.48. The summed E-state index contributed by atoms with van der Waals surface area (Å²) >= 11 is 0. The minimum absolute atomic E-state index is 0. The first-order chi connectivity index (χ1) is 12.6. The standard InChI is InChI=1S/C19H29N5O2S.HI/c1-19(2,3)27(25,26)12-11-21-18(20-4)23(5)14-16-13-22-24(15-16)17-9-7-6-8-10-17;/h6-10,13,15H,11-12,14H2,1-5H3,(H,20,21);1H. The second kappa shape index (κ2) is 10.2. The molecule has 0 aliphatic rings. The molecule has 0 unspecified atom stereocenters. The lowest BCUT2D eigenvalue weighted by Crippen LogP contribution is -2.42. The first-order valence-corrected chi connectivity index (χ1v) is 10.5. The highest BCUT2D eigenvalue weighted by molar-refractivity contribution is 14.0. The van der Waals surface area contributed by atoms with Crippen LogP contribution in [0.4, 0.5) is 0 Å². The highest BCUT2D eigenvalue weighted by Gasteiger charge is 2.28. The molecular weight excluding hydrogens is 489 g/mol. The quantitative estimate of drug-likeness (QED) is 0.361. The van der Waals surface area contributed by atoms with Crippen molar-refractivity contribution in [3.8, 4) is 5.69 Å². The van der Waals surface area contributed by atoms with Gasteiger partial charge in [-0.05, 0) is 32.9 Å². The summed E-state index contributed by atoms with van der Waals surface area (Å²) in [6, 6.07) is 9.91. The van der Waals surface area contributed by atoms with E-state index in [-0.39, 0.29) is 29.7 Å². The lowest BCUT2D eigenvalue weighted by molar-refractivity contribution is 0.478. The topological polar surface area (TPSA) is 79.6 Å². The van der Waals surface area contributed by atoms with Gasteiger partial charge < -0.3 is 10.2 Å². The van der Waals surface area contributed by atoms with Gasteiger partial charge in [-0.2, -0.15) is 5.10 Å². The molecule has 0 saturated heterocycles. The molecule has 0 atom stereocenters. The monoisotopic (exact) mass is 519 g/mol. The molecule has 156 valence electrons. The van der Waals surface area contributed by atoms with E-state index < -0.39 is 14.6 Å². The third kappa shape index (κ3) is 6.47. The molecule has 2 rings (SSSR count). The van der Waals surface area contributed by atoms with E-state index in [9.17, 15) is 8.42 Å². The van der Waals surface area contributed by atoms with Gasteiger partial charge in [0.15, 0.2) is 15.8 Å². The zero-order valence-electron chi connectivity index (χ0n) is 17.1. The third-order valence-corrected chi connectivity index (χ3v) is 6.84. The molecule has 0 radical (unpaired) electrons. The second-order valence-corrected chi connectivity index (χ2v) is 10.3. The predicted molar refractivity (Wildman–Crippen MR) is 125 cm³/mol. The number of nitrogens with zero attached hydrogens (tertiary/aromatic N) is 4. The van der Waals surface area contributed by atoms with Crippen LogP contribution in [0.25, 0.3) is 5.69 Å². The van der Waals surface area contributed by atoms with E-state index in [0.29, 0.717) is 19.0 Å². The molecule has 1 aromatic carbocycles. The van der Waals surface area contributed by atoms with Crippen LogP contribution in [0.3, 0.4) is 0 Å². The Hall–Kier alpha value is -1.62. The Morgan fingerprint density at radius 1 is 1.25 bits per heavy atom. The molecule has 1 heterocycles. The number of sulfone groups is 1. The summed E-state index contributed by atoms with van der Waals surface area (Å²) in [7, 11) is 0.432. The van der Waals surface area contributed by atoms with E-state index in [1.54, 1.807) is 27.8 Å². The lowest BCUT2D eigenvalue weighted by Gasteiger charge is -2.23. The molecule has 1 aromatic heterocycles.